The van der Waals surface area contributed by atoms with E-state index in [-0.39, 0.29) is 18.4 Å². The molecule has 1 heterocycles. The van der Waals surface area contributed by atoms with Crippen molar-refractivity contribution >= 4 is 17.5 Å². The van der Waals surface area contributed by atoms with Crippen LogP contribution < -0.4 is 5.32 Å². The van der Waals surface area contributed by atoms with Gasteiger partial charge in [-0.3, -0.25) is 14.3 Å². The van der Waals surface area contributed by atoms with Gasteiger partial charge in [0, 0.05) is 36.1 Å². The van der Waals surface area contributed by atoms with Gasteiger partial charge in [0.15, 0.2) is 0 Å². The topological polar surface area (TPSA) is 67.2 Å². The van der Waals surface area contributed by atoms with Crippen molar-refractivity contribution < 1.29 is 9.59 Å². The maximum Gasteiger partial charge on any atom is 0.253 e. The van der Waals surface area contributed by atoms with Gasteiger partial charge in [0.2, 0.25) is 5.91 Å². The molecule has 0 aliphatic heterocycles. The summed E-state index contributed by atoms with van der Waals surface area (Å²) in [6.45, 7) is 5.36. The van der Waals surface area contributed by atoms with Crippen LogP contribution in [0.15, 0.2) is 67.0 Å². The molecule has 0 bridgehead atoms. The molecule has 6 heteroatoms. The zero-order valence-corrected chi connectivity index (χ0v) is 16.1. The van der Waals surface area contributed by atoms with Crippen molar-refractivity contribution in [2.24, 2.45) is 0 Å². The molecule has 0 spiro atoms. The standard InChI is InChI=1S/C22H24N4O2/c1-3-25(4-2)22(28)18-10-12-20(13-11-18)24-21(27)16-26-15-19(14-23-26)17-8-6-5-7-9-17/h5-15H,3-4,16H2,1-2H3,(H,24,27). The highest BCUT2D eigenvalue weighted by Gasteiger charge is 2.12. The van der Waals surface area contributed by atoms with Gasteiger partial charge in [-0.05, 0) is 43.7 Å². The van der Waals surface area contributed by atoms with Gasteiger partial charge in [-0.1, -0.05) is 30.3 Å². The Morgan fingerprint density at radius 1 is 0.964 bits per heavy atom. The lowest BCUT2D eigenvalue weighted by molar-refractivity contribution is -0.116. The summed E-state index contributed by atoms with van der Waals surface area (Å²) in [4.78, 5) is 26.4. The van der Waals surface area contributed by atoms with E-state index in [1.807, 2.05) is 50.4 Å². The number of anilines is 1. The lowest BCUT2D eigenvalue weighted by Crippen LogP contribution is -2.30. The molecule has 0 saturated heterocycles. The van der Waals surface area contributed by atoms with Crippen LogP contribution in [0.3, 0.4) is 0 Å². The number of carbonyl (C=O) groups is 2. The maximum atomic E-state index is 12.3. The second kappa shape index (κ2) is 8.99. The van der Waals surface area contributed by atoms with Crippen LogP contribution >= 0.6 is 0 Å². The molecular weight excluding hydrogens is 352 g/mol. The summed E-state index contributed by atoms with van der Waals surface area (Å²) in [6, 6.07) is 16.9. The van der Waals surface area contributed by atoms with Gasteiger partial charge < -0.3 is 10.2 Å². The number of nitrogens with one attached hydrogen (secondary N) is 1. The molecule has 0 aliphatic carbocycles. The minimum absolute atomic E-state index is 0.00661. The SMILES string of the molecule is CCN(CC)C(=O)c1ccc(NC(=O)Cn2cc(-c3ccccc3)cn2)cc1. The summed E-state index contributed by atoms with van der Waals surface area (Å²) in [5.41, 5.74) is 3.29. The molecule has 1 N–H and O–H groups in total. The summed E-state index contributed by atoms with van der Waals surface area (Å²) in [5, 5.41) is 7.09. The molecule has 2 amide bonds. The van der Waals surface area contributed by atoms with Crippen molar-refractivity contribution in [2.45, 2.75) is 20.4 Å². The molecule has 3 aromatic rings. The van der Waals surface area contributed by atoms with E-state index in [9.17, 15) is 9.59 Å². The minimum atomic E-state index is -0.175. The van der Waals surface area contributed by atoms with Crippen LogP contribution in [0.4, 0.5) is 5.69 Å². The molecular formula is C22H24N4O2. The van der Waals surface area contributed by atoms with E-state index in [1.54, 1.807) is 40.0 Å². The van der Waals surface area contributed by atoms with Crippen molar-refractivity contribution in [3.63, 3.8) is 0 Å². The molecule has 0 fully saturated rings. The Balaban J connectivity index is 1.59. The molecule has 6 nitrogen and oxygen atoms in total. The number of rotatable bonds is 7. The summed E-state index contributed by atoms with van der Waals surface area (Å²) in [5.74, 6) is -0.182. The van der Waals surface area contributed by atoms with Gasteiger partial charge in [0.1, 0.15) is 6.54 Å². The lowest BCUT2D eigenvalue weighted by atomic mass is 10.1. The largest absolute Gasteiger partial charge is 0.339 e. The van der Waals surface area contributed by atoms with Crippen LogP contribution in [-0.2, 0) is 11.3 Å². The van der Waals surface area contributed by atoms with E-state index in [1.165, 1.54) is 0 Å². The molecule has 28 heavy (non-hydrogen) atoms. The second-order valence-corrected chi connectivity index (χ2v) is 6.40. The zero-order chi connectivity index (χ0) is 19.9. The molecule has 2 aromatic carbocycles. The Kier molecular flexibility index (Phi) is 6.22. The van der Waals surface area contributed by atoms with Crippen LogP contribution in [0.5, 0.6) is 0 Å². The van der Waals surface area contributed by atoms with Gasteiger partial charge in [-0.15, -0.1) is 0 Å². The smallest absolute Gasteiger partial charge is 0.253 e. The van der Waals surface area contributed by atoms with E-state index < -0.39 is 0 Å². The monoisotopic (exact) mass is 376 g/mol. The van der Waals surface area contributed by atoms with Crippen LogP contribution in [0.1, 0.15) is 24.2 Å². The highest BCUT2D eigenvalue weighted by Crippen LogP contribution is 2.17. The van der Waals surface area contributed by atoms with E-state index in [2.05, 4.69) is 10.4 Å². The van der Waals surface area contributed by atoms with Crippen LogP contribution in [0.25, 0.3) is 11.1 Å². The Morgan fingerprint density at radius 2 is 1.64 bits per heavy atom. The van der Waals surface area contributed by atoms with Gasteiger partial charge in [-0.25, -0.2) is 0 Å². The Labute approximate surface area is 164 Å². The molecule has 3 rings (SSSR count). The first-order chi connectivity index (χ1) is 13.6. The quantitative estimate of drug-likeness (QED) is 0.684. The first kappa shape index (κ1) is 19.4. The maximum absolute atomic E-state index is 12.3. The number of carbonyl (C=O) groups excluding carboxylic acids is 2. The van der Waals surface area contributed by atoms with Crippen LogP contribution in [0, 0.1) is 0 Å². The first-order valence-electron chi connectivity index (χ1n) is 9.37. The number of hydrogen-bond acceptors (Lipinski definition) is 3. The molecule has 144 valence electrons. The fraction of sp³-hybridized carbons (Fsp3) is 0.227. The average Bonchev–Trinajstić information content (AvgIpc) is 3.18. The summed E-state index contributed by atoms with van der Waals surface area (Å²) in [7, 11) is 0. The second-order valence-electron chi connectivity index (χ2n) is 6.40. The Hall–Kier alpha value is -3.41. The summed E-state index contributed by atoms with van der Waals surface area (Å²) < 4.78 is 1.61. The van der Waals surface area contributed by atoms with Crippen molar-refractivity contribution in [1.29, 1.82) is 0 Å². The van der Waals surface area contributed by atoms with Crippen molar-refractivity contribution in [3.8, 4) is 11.1 Å². The molecule has 1 aromatic heterocycles. The average molecular weight is 376 g/mol. The van der Waals surface area contributed by atoms with Crippen LogP contribution in [0.2, 0.25) is 0 Å². The highest BCUT2D eigenvalue weighted by atomic mass is 16.2. The van der Waals surface area contributed by atoms with E-state index in [4.69, 9.17) is 0 Å². The number of nitrogens with zero attached hydrogens (tertiary/aromatic N) is 3. The molecule has 0 aliphatic rings. The number of amides is 2. The van der Waals surface area contributed by atoms with Crippen LogP contribution in [-0.4, -0.2) is 39.6 Å². The molecule has 0 atom stereocenters. The highest BCUT2D eigenvalue weighted by molar-refractivity contribution is 5.95. The zero-order valence-electron chi connectivity index (χ0n) is 16.1. The summed E-state index contributed by atoms with van der Waals surface area (Å²) in [6.07, 6.45) is 3.59. The van der Waals surface area contributed by atoms with E-state index >= 15 is 0 Å². The third kappa shape index (κ3) is 4.65. The van der Waals surface area contributed by atoms with Crippen molar-refractivity contribution in [1.82, 2.24) is 14.7 Å². The first-order valence-corrected chi connectivity index (χ1v) is 9.37. The third-order valence-electron chi connectivity index (χ3n) is 4.51. The van der Waals surface area contributed by atoms with E-state index in [0.29, 0.717) is 24.3 Å². The van der Waals surface area contributed by atoms with Crippen molar-refractivity contribution in [3.05, 3.63) is 72.6 Å². The number of aromatic nitrogens is 2. The Morgan fingerprint density at radius 3 is 2.29 bits per heavy atom. The third-order valence-corrected chi connectivity index (χ3v) is 4.51. The molecule has 0 radical (unpaired) electrons. The normalized spacial score (nSPS) is 10.5. The molecule has 0 unspecified atom stereocenters. The predicted molar refractivity (Wildman–Crippen MR) is 110 cm³/mol. The molecule has 0 saturated carbocycles. The van der Waals surface area contributed by atoms with Gasteiger partial charge >= 0.3 is 0 Å². The number of hydrogen-bond donors (Lipinski definition) is 1. The minimum Gasteiger partial charge on any atom is -0.339 e. The Bertz CT molecular complexity index is 929. The van der Waals surface area contributed by atoms with Gasteiger partial charge in [0.05, 0.1) is 6.20 Å². The fourth-order valence-corrected chi connectivity index (χ4v) is 2.97. The van der Waals surface area contributed by atoms with Crippen molar-refractivity contribution in [2.75, 3.05) is 18.4 Å². The summed E-state index contributed by atoms with van der Waals surface area (Å²) >= 11 is 0. The number of benzene rings is 2. The van der Waals surface area contributed by atoms with Gasteiger partial charge in [0.25, 0.3) is 5.91 Å². The fourth-order valence-electron chi connectivity index (χ4n) is 2.97. The lowest BCUT2D eigenvalue weighted by Gasteiger charge is -2.18. The van der Waals surface area contributed by atoms with E-state index in [0.717, 1.165) is 11.1 Å². The predicted octanol–water partition coefficient (Wildman–Crippen LogP) is 3.67. The van der Waals surface area contributed by atoms with Gasteiger partial charge in [-0.2, -0.15) is 5.10 Å².